The van der Waals surface area contributed by atoms with Crippen LogP contribution in [0.5, 0.6) is 5.75 Å². The number of nitrogens with one attached hydrogen (secondary N) is 1. The Kier molecular flexibility index (Phi) is 4.98. The van der Waals surface area contributed by atoms with Crippen LogP contribution >= 0.6 is 0 Å². The van der Waals surface area contributed by atoms with Crippen molar-refractivity contribution in [1.82, 2.24) is 0 Å². The summed E-state index contributed by atoms with van der Waals surface area (Å²) >= 11 is 0. The minimum atomic E-state index is -3.59. The molecule has 0 saturated heterocycles. The van der Waals surface area contributed by atoms with E-state index in [0.717, 1.165) is 12.3 Å². The Morgan fingerprint density at radius 1 is 1.17 bits per heavy atom. The van der Waals surface area contributed by atoms with Gasteiger partial charge in [0.15, 0.2) is 9.84 Å². The van der Waals surface area contributed by atoms with E-state index in [2.05, 4.69) is 10.1 Å². The summed E-state index contributed by atoms with van der Waals surface area (Å²) < 4.78 is 51.3. The molecule has 0 radical (unpaired) electrons. The highest BCUT2D eigenvalue weighted by Crippen LogP contribution is 2.30. The van der Waals surface area contributed by atoms with E-state index in [1.54, 1.807) is 0 Å². The molecule has 0 aliphatic heterocycles. The van der Waals surface area contributed by atoms with Crippen LogP contribution in [0, 0.1) is 10.1 Å². The molecule has 2 rings (SSSR count). The summed E-state index contributed by atoms with van der Waals surface area (Å²) in [6.45, 7) is -2.95. The summed E-state index contributed by atoms with van der Waals surface area (Å²) in [5, 5.41) is 13.9. The van der Waals surface area contributed by atoms with E-state index in [1.807, 2.05) is 0 Å². The van der Waals surface area contributed by atoms with Crippen molar-refractivity contribution in [3.63, 3.8) is 0 Å². The van der Waals surface area contributed by atoms with Crippen LogP contribution in [-0.4, -0.2) is 26.2 Å². The van der Waals surface area contributed by atoms with E-state index < -0.39 is 27.1 Å². The van der Waals surface area contributed by atoms with Crippen molar-refractivity contribution in [3.8, 4) is 5.75 Å². The topological polar surface area (TPSA) is 98.5 Å². The summed E-state index contributed by atoms with van der Waals surface area (Å²) in [7, 11) is -3.59. The van der Waals surface area contributed by atoms with Crippen molar-refractivity contribution in [1.29, 1.82) is 0 Å². The number of alkyl halides is 2. The van der Waals surface area contributed by atoms with Gasteiger partial charge in [0.1, 0.15) is 11.4 Å². The Hall–Kier alpha value is -2.75. The highest BCUT2D eigenvalue weighted by atomic mass is 32.2. The summed E-state index contributed by atoms with van der Waals surface area (Å²) in [4.78, 5) is 10.2. The molecule has 0 aliphatic carbocycles. The van der Waals surface area contributed by atoms with Crippen molar-refractivity contribution in [3.05, 3.63) is 52.6 Å². The maximum absolute atomic E-state index is 12.1. The van der Waals surface area contributed by atoms with E-state index in [-0.39, 0.29) is 16.3 Å². The van der Waals surface area contributed by atoms with Gasteiger partial charge in [-0.25, -0.2) is 8.42 Å². The summed E-state index contributed by atoms with van der Waals surface area (Å²) in [6.07, 6.45) is 0.945. The van der Waals surface area contributed by atoms with Crippen LogP contribution in [0.2, 0.25) is 0 Å². The molecule has 0 unspecified atom stereocenters. The molecule has 2 aromatic rings. The van der Waals surface area contributed by atoms with Gasteiger partial charge in [0.05, 0.1) is 9.82 Å². The average molecular weight is 358 g/mol. The van der Waals surface area contributed by atoms with Crippen LogP contribution in [0.3, 0.4) is 0 Å². The van der Waals surface area contributed by atoms with Crippen molar-refractivity contribution in [2.75, 3.05) is 11.6 Å². The minimum absolute atomic E-state index is 0.0579. The van der Waals surface area contributed by atoms with Gasteiger partial charge in [-0.3, -0.25) is 10.1 Å². The van der Waals surface area contributed by atoms with Crippen molar-refractivity contribution < 1.29 is 26.9 Å². The predicted molar refractivity (Wildman–Crippen MR) is 82.6 cm³/mol. The van der Waals surface area contributed by atoms with Gasteiger partial charge in [0, 0.05) is 18.0 Å². The lowest BCUT2D eigenvalue weighted by Crippen LogP contribution is -2.03. The minimum Gasteiger partial charge on any atom is -0.435 e. The molecule has 1 N–H and O–H groups in total. The number of hydrogen-bond donors (Lipinski definition) is 1. The molecule has 0 heterocycles. The third-order valence-corrected chi connectivity index (χ3v) is 4.06. The summed E-state index contributed by atoms with van der Waals surface area (Å²) in [5.74, 6) is -0.0579. The Labute approximate surface area is 135 Å². The van der Waals surface area contributed by atoms with Gasteiger partial charge in [-0.15, -0.1) is 0 Å². The predicted octanol–water partition coefficient (Wildman–Crippen LogP) is 3.34. The number of ether oxygens (including phenoxy) is 1. The number of sulfone groups is 1. The molecule has 0 fully saturated rings. The second-order valence-electron chi connectivity index (χ2n) is 4.74. The molecular formula is C14H12F2N2O5S. The van der Waals surface area contributed by atoms with Crippen LogP contribution in [0.25, 0.3) is 0 Å². The molecule has 0 saturated carbocycles. The Bertz CT molecular complexity index is 854. The maximum atomic E-state index is 12.1. The number of hydrogen-bond acceptors (Lipinski definition) is 6. The average Bonchev–Trinajstić information content (AvgIpc) is 2.47. The molecule has 0 aliphatic rings. The second-order valence-corrected chi connectivity index (χ2v) is 6.75. The van der Waals surface area contributed by atoms with Crippen LogP contribution in [0.1, 0.15) is 0 Å². The van der Waals surface area contributed by atoms with E-state index >= 15 is 0 Å². The Morgan fingerprint density at radius 2 is 1.79 bits per heavy atom. The van der Waals surface area contributed by atoms with Gasteiger partial charge in [-0.1, -0.05) is 0 Å². The molecule has 10 heteroatoms. The zero-order valence-electron chi connectivity index (χ0n) is 12.3. The quantitative estimate of drug-likeness (QED) is 0.628. The maximum Gasteiger partial charge on any atom is 0.387 e. The monoisotopic (exact) mass is 358 g/mol. The molecule has 0 amide bonds. The first-order chi connectivity index (χ1) is 11.2. The zero-order chi connectivity index (χ0) is 17.9. The number of rotatable bonds is 6. The number of benzene rings is 2. The number of nitrogens with zero attached hydrogens (tertiary/aromatic N) is 1. The Balaban J connectivity index is 2.30. The van der Waals surface area contributed by atoms with Crippen molar-refractivity contribution in [2.24, 2.45) is 0 Å². The number of halogens is 2. The first-order valence-electron chi connectivity index (χ1n) is 6.47. The van der Waals surface area contributed by atoms with E-state index in [0.29, 0.717) is 5.69 Å². The SMILES string of the molecule is CS(=O)(=O)c1ccc(Nc2ccc(OC(F)F)cc2)c([N+](=O)[O-])c1. The third kappa shape index (κ3) is 4.38. The molecule has 0 spiro atoms. The van der Waals surface area contributed by atoms with Gasteiger partial charge < -0.3 is 10.1 Å². The normalized spacial score (nSPS) is 11.3. The smallest absolute Gasteiger partial charge is 0.387 e. The highest BCUT2D eigenvalue weighted by molar-refractivity contribution is 7.90. The molecule has 0 bridgehead atoms. The van der Waals surface area contributed by atoms with Gasteiger partial charge in [-0.05, 0) is 36.4 Å². The van der Waals surface area contributed by atoms with Gasteiger partial charge in [-0.2, -0.15) is 8.78 Å². The fourth-order valence-electron chi connectivity index (χ4n) is 1.87. The zero-order valence-corrected chi connectivity index (χ0v) is 13.1. The van der Waals surface area contributed by atoms with E-state index in [4.69, 9.17) is 0 Å². The lowest BCUT2D eigenvalue weighted by Gasteiger charge is -2.09. The fraction of sp³-hybridized carbons (Fsp3) is 0.143. The molecule has 0 aromatic heterocycles. The van der Waals surface area contributed by atoms with Crippen LogP contribution in [-0.2, 0) is 9.84 Å². The second kappa shape index (κ2) is 6.79. The lowest BCUT2D eigenvalue weighted by molar-refractivity contribution is -0.384. The largest absolute Gasteiger partial charge is 0.435 e. The van der Waals surface area contributed by atoms with Gasteiger partial charge in [0.2, 0.25) is 0 Å². The number of anilines is 2. The van der Waals surface area contributed by atoms with Gasteiger partial charge in [0.25, 0.3) is 5.69 Å². The van der Waals surface area contributed by atoms with E-state index in [1.165, 1.54) is 36.4 Å². The number of nitro groups is 1. The van der Waals surface area contributed by atoms with Crippen molar-refractivity contribution in [2.45, 2.75) is 11.5 Å². The molecule has 128 valence electrons. The van der Waals surface area contributed by atoms with Crippen molar-refractivity contribution >= 4 is 26.9 Å². The van der Waals surface area contributed by atoms with Gasteiger partial charge >= 0.3 is 6.61 Å². The van der Waals surface area contributed by atoms with E-state index in [9.17, 15) is 27.3 Å². The fourth-order valence-corrected chi connectivity index (χ4v) is 2.51. The summed E-state index contributed by atoms with van der Waals surface area (Å²) in [5.41, 5.74) is 0.0209. The standard InChI is InChI=1S/C14H12F2N2O5S/c1-24(21,22)11-6-7-12(13(8-11)18(19)20)17-9-2-4-10(5-3-9)23-14(15)16/h2-8,14,17H,1H3. The van der Waals surface area contributed by atoms with Crippen LogP contribution < -0.4 is 10.1 Å². The highest BCUT2D eigenvalue weighted by Gasteiger charge is 2.19. The first kappa shape index (κ1) is 17.6. The molecular weight excluding hydrogens is 346 g/mol. The molecule has 24 heavy (non-hydrogen) atoms. The molecule has 7 nitrogen and oxygen atoms in total. The first-order valence-corrected chi connectivity index (χ1v) is 8.36. The lowest BCUT2D eigenvalue weighted by atomic mass is 10.2. The van der Waals surface area contributed by atoms with Crippen LogP contribution in [0.4, 0.5) is 25.8 Å². The number of nitro benzene ring substituents is 1. The third-order valence-electron chi connectivity index (χ3n) is 2.95. The van der Waals surface area contributed by atoms with Crippen LogP contribution in [0.15, 0.2) is 47.4 Å². The summed E-state index contributed by atoms with van der Waals surface area (Å²) in [6, 6.07) is 8.77. The molecule has 2 aromatic carbocycles. The molecule has 0 atom stereocenters. The Morgan fingerprint density at radius 3 is 2.29 bits per heavy atom.